The molecule has 2 aromatic carbocycles. The highest BCUT2D eigenvalue weighted by Crippen LogP contribution is 2.29. The summed E-state index contributed by atoms with van der Waals surface area (Å²) in [6.07, 6.45) is 6.86. The van der Waals surface area contributed by atoms with Crippen molar-refractivity contribution in [2.24, 2.45) is 0 Å². The number of carbonyl (C=O) groups excluding carboxylic acids is 1. The van der Waals surface area contributed by atoms with Gasteiger partial charge in [-0.3, -0.25) is 4.79 Å². The van der Waals surface area contributed by atoms with Crippen molar-refractivity contribution in [3.05, 3.63) is 71.9 Å². The number of hydrogen-bond donors (Lipinski definition) is 1. The fourth-order valence-corrected chi connectivity index (χ4v) is 3.50. The highest BCUT2D eigenvalue weighted by molar-refractivity contribution is 5.83. The molecule has 1 aromatic heterocycles. The molecule has 3 nitrogen and oxygen atoms in total. The Morgan fingerprint density at radius 3 is 2.60 bits per heavy atom. The summed E-state index contributed by atoms with van der Waals surface area (Å²) in [6.45, 7) is 0.747. The molecule has 1 saturated carbocycles. The van der Waals surface area contributed by atoms with Crippen molar-refractivity contribution in [3.63, 3.8) is 0 Å². The lowest BCUT2D eigenvalue weighted by atomic mass is 10.1. The molecule has 0 atom stereocenters. The molecule has 3 aromatic rings. The number of amides is 1. The number of carbonyl (C=O) groups is 1. The SMILES string of the molecule is O=C(CCCc1c[nH]c2ccccc12)N(Cc1ccccc1)C1CC1. The van der Waals surface area contributed by atoms with Crippen molar-refractivity contribution in [3.8, 4) is 0 Å². The second kappa shape index (κ2) is 7.14. The van der Waals surface area contributed by atoms with E-state index in [2.05, 4.69) is 46.4 Å². The largest absolute Gasteiger partial charge is 0.361 e. The molecule has 0 radical (unpaired) electrons. The fraction of sp³-hybridized carbons (Fsp3) is 0.318. The summed E-state index contributed by atoms with van der Waals surface area (Å²) in [5.74, 6) is 0.297. The van der Waals surface area contributed by atoms with Crippen molar-refractivity contribution in [1.82, 2.24) is 9.88 Å². The molecule has 128 valence electrons. The number of H-pyrrole nitrogens is 1. The quantitative estimate of drug-likeness (QED) is 0.670. The first-order valence-corrected chi connectivity index (χ1v) is 9.19. The van der Waals surface area contributed by atoms with Crippen LogP contribution in [0.15, 0.2) is 60.8 Å². The van der Waals surface area contributed by atoms with Crippen LogP contribution in [0.25, 0.3) is 10.9 Å². The Balaban J connectivity index is 1.35. The molecule has 25 heavy (non-hydrogen) atoms. The van der Waals surface area contributed by atoms with E-state index in [-0.39, 0.29) is 0 Å². The number of nitrogens with zero attached hydrogens (tertiary/aromatic N) is 1. The number of aromatic nitrogens is 1. The molecule has 0 spiro atoms. The average Bonchev–Trinajstić information content (AvgIpc) is 3.41. The summed E-state index contributed by atoms with van der Waals surface area (Å²) >= 11 is 0. The molecule has 1 heterocycles. The third kappa shape index (κ3) is 3.76. The van der Waals surface area contributed by atoms with Crippen LogP contribution in [0, 0.1) is 0 Å². The zero-order valence-corrected chi connectivity index (χ0v) is 14.4. The van der Waals surface area contributed by atoms with Gasteiger partial charge in [-0.05, 0) is 42.9 Å². The lowest BCUT2D eigenvalue weighted by Crippen LogP contribution is -2.32. The average molecular weight is 332 g/mol. The minimum Gasteiger partial charge on any atom is -0.361 e. The predicted octanol–water partition coefficient (Wildman–Crippen LogP) is 4.68. The van der Waals surface area contributed by atoms with E-state index in [0.29, 0.717) is 18.4 Å². The molecule has 0 bridgehead atoms. The first-order chi connectivity index (χ1) is 12.3. The van der Waals surface area contributed by atoms with Crippen LogP contribution in [0.1, 0.15) is 36.8 Å². The molecular weight excluding hydrogens is 308 g/mol. The normalized spacial score (nSPS) is 13.9. The van der Waals surface area contributed by atoms with Gasteiger partial charge in [-0.1, -0.05) is 48.5 Å². The summed E-state index contributed by atoms with van der Waals surface area (Å²) in [4.78, 5) is 18.1. The van der Waals surface area contributed by atoms with Gasteiger partial charge in [-0.25, -0.2) is 0 Å². The molecule has 0 unspecified atom stereocenters. The minimum absolute atomic E-state index is 0.297. The fourth-order valence-electron chi connectivity index (χ4n) is 3.50. The Bertz CT molecular complexity index is 849. The monoisotopic (exact) mass is 332 g/mol. The standard InChI is InChI=1S/C22H24N2O/c25-22(24(19-13-14-19)16-17-7-2-1-3-8-17)12-6-9-18-15-23-21-11-5-4-10-20(18)21/h1-5,7-8,10-11,15,19,23H,6,9,12-14,16H2. The summed E-state index contributed by atoms with van der Waals surface area (Å²) < 4.78 is 0. The highest BCUT2D eigenvalue weighted by Gasteiger charge is 2.32. The van der Waals surface area contributed by atoms with E-state index in [1.807, 2.05) is 24.3 Å². The molecule has 1 N–H and O–H groups in total. The Morgan fingerprint density at radius 2 is 1.80 bits per heavy atom. The van der Waals surface area contributed by atoms with Crippen LogP contribution >= 0.6 is 0 Å². The van der Waals surface area contributed by atoms with Gasteiger partial charge in [-0.2, -0.15) is 0 Å². The summed E-state index contributed by atoms with van der Waals surface area (Å²) in [6, 6.07) is 19.1. The van der Waals surface area contributed by atoms with Crippen molar-refractivity contribution in [2.45, 2.75) is 44.7 Å². The number of aryl methyl sites for hydroxylation is 1. The number of rotatable bonds is 7. The Labute approximate surface area is 148 Å². The molecule has 1 fully saturated rings. The minimum atomic E-state index is 0.297. The first-order valence-electron chi connectivity index (χ1n) is 9.19. The van der Waals surface area contributed by atoms with Gasteiger partial charge < -0.3 is 9.88 Å². The van der Waals surface area contributed by atoms with E-state index in [1.165, 1.54) is 22.0 Å². The highest BCUT2D eigenvalue weighted by atomic mass is 16.2. The van der Waals surface area contributed by atoms with Gasteiger partial charge in [0.05, 0.1) is 0 Å². The Hall–Kier alpha value is -2.55. The third-order valence-electron chi connectivity index (χ3n) is 5.02. The van der Waals surface area contributed by atoms with Crippen molar-refractivity contribution in [1.29, 1.82) is 0 Å². The second-order valence-electron chi connectivity index (χ2n) is 6.95. The predicted molar refractivity (Wildman–Crippen MR) is 101 cm³/mol. The second-order valence-corrected chi connectivity index (χ2v) is 6.95. The maximum Gasteiger partial charge on any atom is 0.223 e. The van der Waals surface area contributed by atoms with Crippen molar-refractivity contribution >= 4 is 16.8 Å². The molecular formula is C22H24N2O. The zero-order chi connectivity index (χ0) is 17.1. The van der Waals surface area contributed by atoms with Crippen molar-refractivity contribution in [2.75, 3.05) is 0 Å². The van der Waals surface area contributed by atoms with Crippen LogP contribution in [0.2, 0.25) is 0 Å². The molecule has 1 aliphatic rings. The van der Waals surface area contributed by atoms with Crippen LogP contribution < -0.4 is 0 Å². The van der Waals surface area contributed by atoms with E-state index < -0.39 is 0 Å². The van der Waals surface area contributed by atoms with Gasteiger partial charge in [0.25, 0.3) is 0 Å². The number of aromatic amines is 1. The number of nitrogens with one attached hydrogen (secondary N) is 1. The zero-order valence-electron chi connectivity index (χ0n) is 14.4. The summed E-state index contributed by atoms with van der Waals surface area (Å²) in [5.41, 5.74) is 3.70. The molecule has 3 heteroatoms. The van der Waals surface area contributed by atoms with Crippen LogP contribution in [0.4, 0.5) is 0 Å². The molecule has 0 saturated heterocycles. The number of hydrogen-bond acceptors (Lipinski definition) is 1. The van der Waals surface area contributed by atoms with Gasteiger partial charge in [0.15, 0.2) is 0 Å². The third-order valence-corrected chi connectivity index (χ3v) is 5.02. The Kier molecular flexibility index (Phi) is 4.55. The van der Waals surface area contributed by atoms with E-state index >= 15 is 0 Å². The number of fused-ring (bicyclic) bond motifs is 1. The van der Waals surface area contributed by atoms with Gasteiger partial charge >= 0.3 is 0 Å². The smallest absolute Gasteiger partial charge is 0.223 e. The van der Waals surface area contributed by atoms with Crippen LogP contribution in [-0.2, 0) is 17.8 Å². The van der Waals surface area contributed by atoms with E-state index in [9.17, 15) is 4.79 Å². The lowest BCUT2D eigenvalue weighted by Gasteiger charge is -2.22. The van der Waals surface area contributed by atoms with E-state index in [1.54, 1.807) is 0 Å². The first kappa shape index (κ1) is 15.9. The van der Waals surface area contributed by atoms with Gasteiger partial charge in [0.1, 0.15) is 0 Å². The molecule has 4 rings (SSSR count). The van der Waals surface area contributed by atoms with Crippen LogP contribution in [0.3, 0.4) is 0 Å². The van der Waals surface area contributed by atoms with Crippen molar-refractivity contribution < 1.29 is 4.79 Å². The lowest BCUT2D eigenvalue weighted by molar-refractivity contribution is -0.132. The molecule has 0 aliphatic heterocycles. The van der Waals surface area contributed by atoms with E-state index in [0.717, 1.165) is 32.2 Å². The number of para-hydroxylation sites is 1. The molecule has 1 amide bonds. The van der Waals surface area contributed by atoms with E-state index in [4.69, 9.17) is 0 Å². The van der Waals surface area contributed by atoms with Crippen LogP contribution in [-0.4, -0.2) is 21.8 Å². The Morgan fingerprint density at radius 1 is 1.04 bits per heavy atom. The molecule has 1 aliphatic carbocycles. The van der Waals surface area contributed by atoms with Gasteiger partial charge in [0.2, 0.25) is 5.91 Å². The van der Waals surface area contributed by atoms with Gasteiger partial charge in [0, 0.05) is 36.1 Å². The van der Waals surface area contributed by atoms with Gasteiger partial charge in [-0.15, -0.1) is 0 Å². The summed E-state index contributed by atoms with van der Waals surface area (Å²) in [5, 5.41) is 1.28. The summed E-state index contributed by atoms with van der Waals surface area (Å²) in [7, 11) is 0. The maximum atomic E-state index is 12.7. The maximum absolute atomic E-state index is 12.7. The van der Waals surface area contributed by atoms with Crippen LogP contribution in [0.5, 0.6) is 0 Å². The number of benzene rings is 2. The topological polar surface area (TPSA) is 36.1 Å².